The van der Waals surface area contributed by atoms with Crippen molar-refractivity contribution in [3.8, 4) is 11.2 Å². The van der Waals surface area contributed by atoms with E-state index >= 15 is 0 Å². The lowest BCUT2D eigenvalue weighted by Crippen LogP contribution is -2.24. The predicted octanol–water partition coefficient (Wildman–Crippen LogP) is 3.87. The topological polar surface area (TPSA) is 29.5 Å². The molecular formula is C15H20O2S2. The summed E-state index contributed by atoms with van der Waals surface area (Å²) in [6.07, 6.45) is 2.98. The molecule has 0 aromatic heterocycles. The van der Waals surface area contributed by atoms with Gasteiger partial charge in [-0.25, -0.2) is 0 Å². The summed E-state index contributed by atoms with van der Waals surface area (Å²) in [5.41, 5.74) is 0.455. The van der Waals surface area contributed by atoms with Gasteiger partial charge in [0.2, 0.25) is 0 Å². The molecule has 0 saturated heterocycles. The van der Waals surface area contributed by atoms with Crippen molar-refractivity contribution in [3.63, 3.8) is 0 Å². The first kappa shape index (κ1) is 16.5. The molecule has 104 valence electrons. The van der Waals surface area contributed by atoms with Crippen molar-refractivity contribution in [2.45, 2.75) is 37.2 Å². The van der Waals surface area contributed by atoms with Gasteiger partial charge in [-0.3, -0.25) is 0 Å². The van der Waals surface area contributed by atoms with E-state index < -0.39 is 5.60 Å². The number of benzene rings is 1. The fourth-order valence-corrected chi connectivity index (χ4v) is 2.12. The van der Waals surface area contributed by atoms with Gasteiger partial charge in [-0.1, -0.05) is 35.4 Å². The molecule has 0 aliphatic carbocycles. The minimum absolute atomic E-state index is 0.479. The first-order valence-electron chi connectivity index (χ1n) is 6.13. The van der Waals surface area contributed by atoms with Crippen molar-refractivity contribution in [3.05, 3.63) is 29.8 Å². The summed E-state index contributed by atoms with van der Waals surface area (Å²) < 4.78 is 5.51. The van der Waals surface area contributed by atoms with Gasteiger partial charge in [0.25, 0.3) is 0 Å². The molecular weight excluding hydrogens is 276 g/mol. The molecule has 1 atom stereocenters. The molecule has 0 spiro atoms. The van der Waals surface area contributed by atoms with Crippen molar-refractivity contribution in [2.75, 3.05) is 12.9 Å². The Bertz CT molecular complexity index is 430. The molecule has 0 heterocycles. The summed E-state index contributed by atoms with van der Waals surface area (Å²) in [6.45, 7) is 4.36. The third-order valence-electron chi connectivity index (χ3n) is 2.54. The van der Waals surface area contributed by atoms with Crippen molar-refractivity contribution in [2.24, 2.45) is 0 Å². The van der Waals surface area contributed by atoms with Gasteiger partial charge in [0.05, 0.1) is 12.2 Å². The second-order valence-electron chi connectivity index (χ2n) is 4.63. The fourth-order valence-electron chi connectivity index (χ4n) is 1.35. The molecule has 0 aliphatic rings. The summed E-state index contributed by atoms with van der Waals surface area (Å²) >= 11 is 2.81. The summed E-state index contributed by atoms with van der Waals surface area (Å²) in [5.74, 6) is 2.94. The minimum Gasteiger partial charge on any atom is -0.389 e. The molecule has 2 nitrogen and oxygen atoms in total. The average molecular weight is 296 g/mol. The largest absolute Gasteiger partial charge is 0.389 e. The molecule has 1 aromatic rings. The third kappa shape index (κ3) is 7.54. The van der Waals surface area contributed by atoms with Crippen LogP contribution in [0.5, 0.6) is 0 Å². The fraction of sp³-hybridized carbons (Fsp3) is 0.467. The normalized spacial score (nSPS) is 13.5. The monoisotopic (exact) mass is 296 g/mol. The molecule has 19 heavy (non-hydrogen) atoms. The first-order chi connectivity index (χ1) is 9.03. The Morgan fingerprint density at radius 3 is 2.63 bits per heavy atom. The van der Waals surface area contributed by atoms with Crippen LogP contribution >= 0.6 is 23.8 Å². The van der Waals surface area contributed by atoms with Gasteiger partial charge in [-0.15, -0.1) is 0 Å². The number of hydrogen-bond acceptors (Lipinski definition) is 4. The number of aliphatic hydroxyl groups is 1. The Morgan fingerprint density at radius 2 is 2.00 bits per heavy atom. The zero-order valence-corrected chi connectivity index (χ0v) is 13.2. The summed E-state index contributed by atoms with van der Waals surface area (Å²) in [5, 5.41) is 13.0. The van der Waals surface area contributed by atoms with Crippen LogP contribution in [0.2, 0.25) is 0 Å². The Hall–Kier alpha value is -0.600. The maximum atomic E-state index is 10.1. The summed E-state index contributed by atoms with van der Waals surface area (Å²) in [6, 6.07) is 8.17. The molecule has 1 unspecified atom stereocenters. The Kier molecular flexibility index (Phi) is 7.40. The van der Waals surface area contributed by atoms with Crippen LogP contribution in [0.3, 0.4) is 0 Å². The Balaban J connectivity index is 2.24. The van der Waals surface area contributed by atoms with E-state index in [-0.39, 0.29) is 0 Å². The highest BCUT2D eigenvalue weighted by atomic mass is 32.2. The van der Waals surface area contributed by atoms with Gasteiger partial charge in [-0.05, 0) is 37.5 Å². The van der Waals surface area contributed by atoms with Crippen molar-refractivity contribution in [1.29, 1.82) is 0 Å². The van der Waals surface area contributed by atoms with Gasteiger partial charge < -0.3 is 9.29 Å². The number of rotatable bonds is 6. The van der Waals surface area contributed by atoms with E-state index in [4.69, 9.17) is 4.18 Å². The predicted molar refractivity (Wildman–Crippen MR) is 84.1 cm³/mol. The first-order valence-corrected chi connectivity index (χ1v) is 8.09. The van der Waals surface area contributed by atoms with Gasteiger partial charge in [-0.2, -0.15) is 0 Å². The van der Waals surface area contributed by atoms with E-state index in [1.165, 1.54) is 29.4 Å². The second-order valence-corrected chi connectivity index (χ2v) is 6.11. The van der Waals surface area contributed by atoms with Crippen LogP contribution in [0.25, 0.3) is 0 Å². The Labute approximate surface area is 124 Å². The van der Waals surface area contributed by atoms with Crippen LogP contribution in [0.4, 0.5) is 0 Å². The van der Waals surface area contributed by atoms with Gasteiger partial charge in [0.15, 0.2) is 0 Å². The van der Waals surface area contributed by atoms with E-state index in [0.29, 0.717) is 19.4 Å². The van der Waals surface area contributed by atoms with Crippen LogP contribution in [0, 0.1) is 18.1 Å². The highest BCUT2D eigenvalue weighted by molar-refractivity contribution is 8.03. The zero-order chi connectivity index (χ0) is 14.1. The highest BCUT2D eigenvalue weighted by Crippen LogP contribution is 2.21. The Morgan fingerprint density at radius 1 is 1.32 bits per heavy atom. The number of thioether (sulfide) groups is 1. The van der Waals surface area contributed by atoms with Gasteiger partial charge in [0, 0.05) is 29.8 Å². The molecule has 1 N–H and O–H groups in total. The molecule has 0 bridgehead atoms. The molecule has 0 saturated carbocycles. The molecule has 0 radical (unpaired) electrons. The van der Waals surface area contributed by atoms with E-state index in [2.05, 4.69) is 30.2 Å². The molecule has 0 fully saturated rings. The van der Waals surface area contributed by atoms with Crippen molar-refractivity contribution >= 4 is 23.8 Å². The summed E-state index contributed by atoms with van der Waals surface area (Å²) in [7, 11) is 0. The summed E-state index contributed by atoms with van der Waals surface area (Å²) in [4.78, 5) is 1.08. The lowest BCUT2D eigenvalue weighted by molar-refractivity contribution is 0.0444. The zero-order valence-electron chi connectivity index (χ0n) is 11.6. The van der Waals surface area contributed by atoms with Crippen LogP contribution in [-0.4, -0.2) is 23.6 Å². The number of aryl methyl sites for hydroxylation is 1. The third-order valence-corrected chi connectivity index (χ3v) is 3.64. The molecule has 0 amide bonds. The van der Waals surface area contributed by atoms with Crippen LogP contribution in [-0.2, 0) is 4.18 Å². The lowest BCUT2D eigenvalue weighted by atomic mass is 10.00. The van der Waals surface area contributed by atoms with E-state index in [1.54, 1.807) is 6.92 Å². The quantitative estimate of drug-likeness (QED) is 0.490. The van der Waals surface area contributed by atoms with Gasteiger partial charge >= 0.3 is 0 Å². The number of hydrogen-bond donors (Lipinski definition) is 1. The van der Waals surface area contributed by atoms with E-state index in [1.807, 2.05) is 18.4 Å². The molecule has 0 aliphatic heterocycles. The lowest BCUT2D eigenvalue weighted by Gasteiger charge is -2.19. The average Bonchev–Trinajstić information content (AvgIpc) is 2.37. The smallest absolute Gasteiger partial charge is 0.0751 e. The van der Waals surface area contributed by atoms with Crippen LogP contribution < -0.4 is 0 Å². The second kappa shape index (κ2) is 8.55. The highest BCUT2D eigenvalue weighted by Gasteiger charge is 2.18. The van der Waals surface area contributed by atoms with E-state index in [0.717, 1.165) is 4.90 Å². The van der Waals surface area contributed by atoms with E-state index in [9.17, 15) is 5.11 Å². The van der Waals surface area contributed by atoms with Crippen molar-refractivity contribution < 1.29 is 9.29 Å². The minimum atomic E-state index is -0.781. The van der Waals surface area contributed by atoms with Crippen LogP contribution in [0.1, 0.15) is 25.3 Å². The molecule has 1 aromatic carbocycles. The SMILES string of the molecule is CSC#CCC(C)(O)CCOSc1ccc(C)cc1. The van der Waals surface area contributed by atoms with Gasteiger partial charge in [0.1, 0.15) is 0 Å². The standard InChI is InChI=1S/C15H20O2S2/c1-13-5-7-14(8-6-13)19-17-11-10-15(2,16)9-4-12-18-3/h5-8,16H,9-11H2,1-3H3. The maximum Gasteiger partial charge on any atom is 0.0751 e. The molecule has 1 rings (SSSR count). The van der Waals surface area contributed by atoms with Crippen molar-refractivity contribution in [1.82, 2.24) is 0 Å². The maximum absolute atomic E-state index is 10.1. The van der Waals surface area contributed by atoms with Crippen LogP contribution in [0.15, 0.2) is 29.2 Å². The molecule has 4 heteroatoms.